The lowest BCUT2D eigenvalue weighted by Gasteiger charge is -2.08. The lowest BCUT2D eigenvalue weighted by Crippen LogP contribution is -2.06. The first-order chi connectivity index (χ1) is 6.54. The smallest absolute Gasteiger partial charge is 0.417 e. The summed E-state index contributed by atoms with van der Waals surface area (Å²) >= 11 is 0. The molecule has 0 fully saturated rings. The summed E-state index contributed by atoms with van der Waals surface area (Å²) in [6, 6.07) is 5.66. The molecule has 0 atom stereocenters. The van der Waals surface area contributed by atoms with E-state index in [0.29, 0.717) is 0 Å². The maximum absolute atomic E-state index is 12.2. The molecule has 1 rings (SSSR count). The second-order valence-corrected chi connectivity index (χ2v) is 2.48. The molecule has 0 heterocycles. The molecule has 0 aliphatic carbocycles. The van der Waals surface area contributed by atoms with Crippen LogP contribution in [0.2, 0.25) is 0 Å². The minimum absolute atomic E-state index is 0.0154. The normalized spacial score (nSPS) is 11.4. The number of ether oxygens (including phenoxy) is 2. The molecule has 77 valence electrons. The van der Waals surface area contributed by atoms with Crippen LogP contribution in [0.1, 0.15) is 5.56 Å². The summed E-state index contributed by atoms with van der Waals surface area (Å²) in [5, 5.41) is 0. The van der Waals surface area contributed by atoms with E-state index < -0.39 is 11.7 Å². The van der Waals surface area contributed by atoms with Crippen LogP contribution in [0.4, 0.5) is 13.2 Å². The summed E-state index contributed by atoms with van der Waals surface area (Å²) in [4.78, 5) is 0. The van der Waals surface area contributed by atoms with Gasteiger partial charge in [0.05, 0.1) is 5.56 Å². The van der Waals surface area contributed by atoms with Gasteiger partial charge in [0.1, 0.15) is 5.75 Å². The Balaban J connectivity index is 2.79. The van der Waals surface area contributed by atoms with Crippen molar-refractivity contribution in [2.75, 3.05) is 13.9 Å². The number of alkyl halides is 3. The molecule has 0 saturated heterocycles. The Kier molecular flexibility index (Phi) is 3.35. The molecule has 5 heteroatoms. The van der Waals surface area contributed by atoms with Gasteiger partial charge in [0.15, 0.2) is 6.79 Å². The molecule has 0 aromatic heterocycles. The molecule has 0 unspecified atom stereocenters. The first-order valence-electron chi connectivity index (χ1n) is 3.75. The van der Waals surface area contributed by atoms with Crippen molar-refractivity contribution in [3.05, 3.63) is 29.8 Å². The Morgan fingerprint density at radius 1 is 1.36 bits per heavy atom. The lowest BCUT2D eigenvalue weighted by molar-refractivity contribution is -0.138. The Bertz CT molecular complexity index is 296. The molecule has 0 spiro atoms. The molecule has 1 aromatic carbocycles. The van der Waals surface area contributed by atoms with E-state index in [1.807, 2.05) is 0 Å². The van der Waals surface area contributed by atoms with Crippen LogP contribution in [0.25, 0.3) is 0 Å². The fourth-order valence-corrected chi connectivity index (χ4v) is 0.820. The van der Waals surface area contributed by atoms with Crippen molar-refractivity contribution in [2.45, 2.75) is 6.18 Å². The molecule has 0 saturated carbocycles. The van der Waals surface area contributed by atoms with Gasteiger partial charge in [-0.2, -0.15) is 13.2 Å². The summed E-state index contributed by atoms with van der Waals surface area (Å²) in [6.07, 6.45) is -4.40. The third-order valence-electron chi connectivity index (χ3n) is 1.41. The first kappa shape index (κ1) is 10.8. The van der Waals surface area contributed by atoms with Crippen molar-refractivity contribution in [3.8, 4) is 5.75 Å². The van der Waals surface area contributed by atoms with E-state index in [9.17, 15) is 13.2 Å². The number of benzene rings is 1. The van der Waals surface area contributed by atoms with Gasteiger partial charge in [-0.1, -0.05) is 6.07 Å². The topological polar surface area (TPSA) is 18.5 Å². The van der Waals surface area contributed by atoms with Gasteiger partial charge in [-0.15, -0.1) is 0 Å². The number of hydrogen-bond acceptors (Lipinski definition) is 2. The average molecular weight is 205 g/mol. The van der Waals surface area contributed by atoms with Gasteiger partial charge in [-0.3, -0.25) is 0 Å². The monoisotopic (exact) mass is 205 g/mol. The second-order valence-electron chi connectivity index (χ2n) is 2.48. The molecule has 2 nitrogen and oxygen atoms in total. The quantitative estimate of drug-likeness (QED) is 0.706. The van der Waals surface area contributed by atoms with Gasteiger partial charge in [-0.05, 0) is 12.1 Å². The Hall–Kier alpha value is -1.23. The van der Waals surface area contributed by atoms with Crippen LogP contribution in [0.15, 0.2) is 18.2 Å². The Labute approximate surface area is 79.2 Å². The summed E-state index contributed by atoms with van der Waals surface area (Å²) in [7, 11) is 1.38. The van der Waals surface area contributed by atoms with E-state index in [1.165, 1.54) is 19.2 Å². The standard InChI is InChI=1S/C9H8F3O2/c1-13-6-14-8-4-2-3-7(5-8)9(10,11)12/h2-4H,6H2,1H3. The summed E-state index contributed by atoms with van der Waals surface area (Å²) in [5.41, 5.74) is -0.855. The van der Waals surface area contributed by atoms with Crippen LogP contribution in [-0.4, -0.2) is 13.9 Å². The van der Waals surface area contributed by atoms with Gasteiger partial charge in [0.25, 0.3) is 0 Å². The predicted octanol–water partition coefficient (Wildman–Crippen LogP) is 2.49. The van der Waals surface area contributed by atoms with Crippen LogP contribution in [0, 0.1) is 6.07 Å². The first-order valence-corrected chi connectivity index (χ1v) is 3.75. The minimum Gasteiger partial charge on any atom is -0.467 e. The lowest BCUT2D eigenvalue weighted by atomic mass is 10.2. The zero-order valence-electron chi connectivity index (χ0n) is 7.39. The van der Waals surface area contributed by atoms with Crippen LogP contribution < -0.4 is 4.74 Å². The van der Waals surface area contributed by atoms with E-state index in [1.54, 1.807) is 0 Å². The molecular formula is C9H8F3O2. The molecule has 0 amide bonds. The molecule has 1 radical (unpaired) electrons. The molecule has 0 bridgehead atoms. The maximum Gasteiger partial charge on any atom is 0.417 e. The highest BCUT2D eigenvalue weighted by atomic mass is 19.4. The largest absolute Gasteiger partial charge is 0.467 e. The van der Waals surface area contributed by atoms with Gasteiger partial charge < -0.3 is 9.47 Å². The summed E-state index contributed by atoms with van der Waals surface area (Å²) in [6.45, 7) is -0.0994. The summed E-state index contributed by atoms with van der Waals surface area (Å²) in [5.74, 6) is 0.0154. The van der Waals surface area contributed by atoms with Gasteiger partial charge in [-0.25, -0.2) is 0 Å². The molecule has 1 aromatic rings. The molecule has 0 N–H and O–H groups in total. The fraction of sp³-hybridized carbons (Fsp3) is 0.333. The van der Waals surface area contributed by atoms with Crippen LogP contribution in [0.3, 0.4) is 0 Å². The maximum atomic E-state index is 12.2. The van der Waals surface area contributed by atoms with E-state index >= 15 is 0 Å². The highest BCUT2D eigenvalue weighted by molar-refractivity contribution is 5.28. The Morgan fingerprint density at radius 3 is 2.64 bits per heavy atom. The zero-order chi connectivity index (χ0) is 10.6. The van der Waals surface area contributed by atoms with Crippen molar-refractivity contribution in [1.82, 2.24) is 0 Å². The molecule has 0 aliphatic rings. The van der Waals surface area contributed by atoms with Gasteiger partial charge >= 0.3 is 6.18 Å². The van der Waals surface area contributed by atoms with Crippen molar-refractivity contribution in [3.63, 3.8) is 0 Å². The number of methoxy groups -OCH3 is 1. The minimum atomic E-state index is -4.40. The molecular weight excluding hydrogens is 197 g/mol. The van der Waals surface area contributed by atoms with Crippen LogP contribution in [-0.2, 0) is 10.9 Å². The van der Waals surface area contributed by atoms with E-state index in [-0.39, 0.29) is 12.5 Å². The third-order valence-corrected chi connectivity index (χ3v) is 1.41. The van der Waals surface area contributed by atoms with Crippen LogP contribution >= 0.6 is 0 Å². The number of rotatable bonds is 3. The zero-order valence-corrected chi connectivity index (χ0v) is 7.39. The predicted molar refractivity (Wildman–Crippen MR) is 42.8 cm³/mol. The molecule has 0 aliphatic heterocycles. The van der Waals surface area contributed by atoms with Crippen molar-refractivity contribution >= 4 is 0 Å². The van der Waals surface area contributed by atoms with E-state index in [2.05, 4.69) is 10.8 Å². The SMILES string of the molecule is COCOc1[c]c(C(F)(F)F)ccc1. The number of hydrogen-bond donors (Lipinski definition) is 0. The van der Waals surface area contributed by atoms with Crippen molar-refractivity contribution < 1.29 is 22.6 Å². The highest BCUT2D eigenvalue weighted by Gasteiger charge is 2.30. The molecule has 14 heavy (non-hydrogen) atoms. The van der Waals surface area contributed by atoms with Crippen molar-refractivity contribution in [1.29, 1.82) is 0 Å². The highest BCUT2D eigenvalue weighted by Crippen LogP contribution is 2.30. The Morgan fingerprint density at radius 2 is 2.07 bits per heavy atom. The second kappa shape index (κ2) is 4.32. The van der Waals surface area contributed by atoms with Crippen LogP contribution in [0.5, 0.6) is 5.75 Å². The fourth-order valence-electron chi connectivity index (χ4n) is 0.820. The van der Waals surface area contributed by atoms with Gasteiger partial charge in [0.2, 0.25) is 0 Å². The average Bonchev–Trinajstić information content (AvgIpc) is 2.14. The van der Waals surface area contributed by atoms with Crippen molar-refractivity contribution in [2.24, 2.45) is 0 Å². The van der Waals surface area contributed by atoms with E-state index in [4.69, 9.17) is 4.74 Å². The van der Waals surface area contributed by atoms with E-state index in [0.717, 1.165) is 6.07 Å². The third kappa shape index (κ3) is 2.92. The van der Waals surface area contributed by atoms with Gasteiger partial charge in [0, 0.05) is 13.2 Å². The number of halogens is 3. The summed E-state index contributed by atoms with van der Waals surface area (Å²) < 4.78 is 45.9.